The van der Waals surface area contributed by atoms with E-state index in [1.165, 1.54) is 30.4 Å². The van der Waals surface area contributed by atoms with E-state index in [2.05, 4.69) is 71.1 Å². The monoisotopic (exact) mass is 286 g/mol. The maximum atomic E-state index is 2.34. The van der Waals surface area contributed by atoms with Crippen LogP contribution in [0.2, 0.25) is 0 Å². The van der Waals surface area contributed by atoms with Crippen LogP contribution in [0.1, 0.15) is 67.7 Å². The van der Waals surface area contributed by atoms with E-state index >= 15 is 0 Å². The van der Waals surface area contributed by atoms with Gasteiger partial charge in [-0.3, -0.25) is 0 Å². The molecule has 1 atom stereocenters. The second-order valence-electron chi connectivity index (χ2n) is 5.66. The second-order valence-corrected chi connectivity index (χ2v) is 5.66. The predicted molar refractivity (Wildman–Crippen MR) is 98.5 cm³/mol. The topological polar surface area (TPSA) is 0 Å². The van der Waals surface area contributed by atoms with Gasteiger partial charge < -0.3 is 0 Å². The molecule has 0 spiro atoms. The summed E-state index contributed by atoms with van der Waals surface area (Å²) in [6.07, 6.45) is 17.1. The molecule has 0 saturated heterocycles. The zero-order chi connectivity index (χ0) is 16.3. The van der Waals surface area contributed by atoms with Gasteiger partial charge in [-0.25, -0.2) is 0 Å². The van der Waals surface area contributed by atoms with Crippen molar-refractivity contribution in [3.05, 3.63) is 58.7 Å². The van der Waals surface area contributed by atoms with Gasteiger partial charge in [0.1, 0.15) is 0 Å². The van der Waals surface area contributed by atoms with Crippen LogP contribution in [0, 0.1) is 5.92 Å². The Morgan fingerprint density at radius 3 is 2.33 bits per heavy atom. The van der Waals surface area contributed by atoms with Crippen molar-refractivity contribution in [1.29, 1.82) is 0 Å². The van der Waals surface area contributed by atoms with Crippen LogP contribution in [-0.2, 0) is 0 Å². The quantitative estimate of drug-likeness (QED) is 0.480. The van der Waals surface area contributed by atoms with E-state index < -0.39 is 0 Å². The fourth-order valence-corrected chi connectivity index (χ4v) is 2.43. The standard InChI is InChI=1S/C19H28.C2H6/c1-6-15(2)9-7-10-16(3)13-14-19-17(4)11-8-12-18(19)5;1-2/h6-7,9-10,13-14,17H,8,11-12H2,1-5H3;1-2H3/b9-7+,14-13+,15-6+,16-10+;. The van der Waals surface area contributed by atoms with Crippen LogP contribution in [0.5, 0.6) is 0 Å². The summed E-state index contributed by atoms with van der Waals surface area (Å²) < 4.78 is 0. The number of hydrogen-bond donors (Lipinski definition) is 0. The van der Waals surface area contributed by atoms with Gasteiger partial charge >= 0.3 is 0 Å². The molecule has 0 nitrogen and oxygen atoms in total. The highest BCUT2D eigenvalue weighted by Gasteiger charge is 2.14. The van der Waals surface area contributed by atoms with Crippen LogP contribution in [0.4, 0.5) is 0 Å². The van der Waals surface area contributed by atoms with Crippen LogP contribution in [0.25, 0.3) is 0 Å². The van der Waals surface area contributed by atoms with E-state index in [0.29, 0.717) is 0 Å². The van der Waals surface area contributed by atoms with Crippen molar-refractivity contribution in [1.82, 2.24) is 0 Å². The molecule has 0 radical (unpaired) electrons. The molecule has 1 aliphatic rings. The van der Waals surface area contributed by atoms with E-state index in [9.17, 15) is 0 Å². The fourth-order valence-electron chi connectivity index (χ4n) is 2.43. The lowest BCUT2D eigenvalue weighted by Gasteiger charge is -2.22. The van der Waals surface area contributed by atoms with Crippen molar-refractivity contribution in [2.24, 2.45) is 5.92 Å². The molecule has 0 bridgehead atoms. The summed E-state index contributed by atoms with van der Waals surface area (Å²) in [5.74, 6) is 0.721. The smallest absolute Gasteiger partial charge is 0.0191 e. The molecule has 1 aliphatic carbocycles. The highest BCUT2D eigenvalue weighted by molar-refractivity contribution is 5.34. The lowest BCUT2D eigenvalue weighted by Crippen LogP contribution is -2.06. The van der Waals surface area contributed by atoms with Gasteiger partial charge in [-0.1, -0.05) is 73.9 Å². The molecule has 0 aliphatic heterocycles. The van der Waals surface area contributed by atoms with Gasteiger partial charge in [0, 0.05) is 0 Å². The summed E-state index contributed by atoms with van der Waals surface area (Å²) in [7, 11) is 0. The van der Waals surface area contributed by atoms with Crippen molar-refractivity contribution in [2.45, 2.75) is 67.7 Å². The number of allylic oxidation sites excluding steroid dienone is 10. The third kappa shape index (κ3) is 7.90. The van der Waals surface area contributed by atoms with Gasteiger partial charge in [-0.15, -0.1) is 0 Å². The minimum absolute atomic E-state index is 0.721. The second kappa shape index (κ2) is 11.4. The molecule has 0 aromatic carbocycles. The first-order valence-electron chi connectivity index (χ1n) is 8.40. The summed E-state index contributed by atoms with van der Waals surface area (Å²) in [6, 6.07) is 0. The van der Waals surface area contributed by atoms with Crippen molar-refractivity contribution in [3.8, 4) is 0 Å². The Morgan fingerprint density at radius 1 is 1.10 bits per heavy atom. The van der Waals surface area contributed by atoms with E-state index in [-0.39, 0.29) is 0 Å². The predicted octanol–water partition coefficient (Wildman–Crippen LogP) is 7.17. The van der Waals surface area contributed by atoms with E-state index in [1.807, 2.05) is 13.8 Å². The van der Waals surface area contributed by atoms with Crippen LogP contribution in [-0.4, -0.2) is 0 Å². The lowest BCUT2D eigenvalue weighted by atomic mass is 9.84. The zero-order valence-corrected chi connectivity index (χ0v) is 15.2. The Kier molecular flexibility index (Phi) is 10.7. The summed E-state index contributed by atoms with van der Waals surface area (Å²) >= 11 is 0. The SMILES string of the molecule is C/C=C(C)/C=C/C=C(C)/C=C/C1=C(C)CCCC1C.CC. The molecule has 1 unspecified atom stereocenters. The van der Waals surface area contributed by atoms with E-state index in [4.69, 9.17) is 0 Å². The van der Waals surface area contributed by atoms with Crippen molar-refractivity contribution in [3.63, 3.8) is 0 Å². The molecule has 0 amide bonds. The molecular weight excluding hydrogens is 252 g/mol. The Balaban J connectivity index is 0.00000191. The lowest BCUT2D eigenvalue weighted by molar-refractivity contribution is 0.546. The molecule has 0 aromatic rings. The Morgan fingerprint density at radius 2 is 1.76 bits per heavy atom. The number of hydrogen-bond acceptors (Lipinski definition) is 0. The normalized spacial score (nSPS) is 21.0. The molecule has 0 aromatic heterocycles. The van der Waals surface area contributed by atoms with Crippen molar-refractivity contribution < 1.29 is 0 Å². The van der Waals surface area contributed by atoms with E-state index in [0.717, 1.165) is 5.92 Å². The Hall–Kier alpha value is -1.30. The van der Waals surface area contributed by atoms with Gasteiger partial charge in [0.05, 0.1) is 0 Å². The van der Waals surface area contributed by atoms with Gasteiger partial charge in [0.25, 0.3) is 0 Å². The van der Waals surface area contributed by atoms with Gasteiger partial charge in [0.2, 0.25) is 0 Å². The first kappa shape index (κ1) is 19.7. The summed E-state index contributed by atoms with van der Waals surface area (Å²) in [5.41, 5.74) is 5.72. The Bertz CT molecular complexity index is 439. The van der Waals surface area contributed by atoms with Gasteiger partial charge in [-0.05, 0) is 58.4 Å². The molecule has 0 N–H and O–H groups in total. The number of rotatable bonds is 4. The highest BCUT2D eigenvalue weighted by atomic mass is 14.2. The largest absolute Gasteiger partial charge is 0.0847 e. The third-order valence-electron chi connectivity index (χ3n) is 3.91. The Labute approximate surface area is 133 Å². The average Bonchev–Trinajstić information content (AvgIpc) is 2.48. The molecule has 0 heterocycles. The van der Waals surface area contributed by atoms with Gasteiger partial charge in [-0.2, -0.15) is 0 Å². The summed E-state index contributed by atoms with van der Waals surface area (Å²) in [4.78, 5) is 0. The molecule has 0 heteroatoms. The van der Waals surface area contributed by atoms with Crippen LogP contribution in [0.3, 0.4) is 0 Å². The van der Waals surface area contributed by atoms with Crippen molar-refractivity contribution in [2.75, 3.05) is 0 Å². The first-order chi connectivity index (χ1) is 10.0. The van der Waals surface area contributed by atoms with E-state index in [1.54, 1.807) is 11.1 Å². The average molecular weight is 287 g/mol. The van der Waals surface area contributed by atoms with Crippen LogP contribution >= 0.6 is 0 Å². The highest BCUT2D eigenvalue weighted by Crippen LogP contribution is 2.30. The zero-order valence-electron chi connectivity index (χ0n) is 15.2. The van der Waals surface area contributed by atoms with Crippen molar-refractivity contribution >= 4 is 0 Å². The molecule has 1 rings (SSSR count). The fraction of sp³-hybridized carbons (Fsp3) is 0.524. The maximum Gasteiger partial charge on any atom is -0.0191 e. The molecule has 118 valence electrons. The third-order valence-corrected chi connectivity index (χ3v) is 3.91. The maximum absolute atomic E-state index is 2.34. The van der Waals surface area contributed by atoms with Crippen LogP contribution in [0.15, 0.2) is 58.7 Å². The molecule has 0 fully saturated rings. The summed E-state index contributed by atoms with van der Waals surface area (Å²) in [6.45, 7) is 15.0. The minimum Gasteiger partial charge on any atom is -0.0847 e. The minimum atomic E-state index is 0.721. The molecule has 21 heavy (non-hydrogen) atoms. The molecular formula is C21H34. The first-order valence-corrected chi connectivity index (χ1v) is 8.40. The van der Waals surface area contributed by atoms with Gasteiger partial charge in [0.15, 0.2) is 0 Å². The summed E-state index contributed by atoms with van der Waals surface area (Å²) in [5, 5.41) is 0. The van der Waals surface area contributed by atoms with Crippen LogP contribution < -0.4 is 0 Å². The molecule has 0 saturated carbocycles.